The van der Waals surface area contributed by atoms with Gasteiger partial charge in [0.05, 0.1) is 25.2 Å². The van der Waals surface area contributed by atoms with Crippen LogP contribution in [0.1, 0.15) is 25.5 Å². The molecule has 0 radical (unpaired) electrons. The van der Waals surface area contributed by atoms with E-state index in [1.54, 1.807) is 24.7 Å². The Labute approximate surface area is 106 Å². The Morgan fingerprint density at radius 3 is 2.83 bits per heavy atom. The first-order chi connectivity index (χ1) is 8.70. The van der Waals surface area contributed by atoms with E-state index in [-0.39, 0.29) is 17.6 Å². The molecule has 2 aromatic rings. The van der Waals surface area contributed by atoms with Crippen molar-refractivity contribution in [2.75, 3.05) is 11.9 Å². The Balaban J connectivity index is 2.08. The van der Waals surface area contributed by atoms with E-state index in [9.17, 15) is 4.39 Å². The van der Waals surface area contributed by atoms with E-state index in [0.717, 1.165) is 5.56 Å². The Hall–Kier alpha value is -1.97. The van der Waals surface area contributed by atoms with Crippen molar-refractivity contribution in [2.45, 2.75) is 19.9 Å². The second-order valence-corrected chi connectivity index (χ2v) is 4.00. The number of nitrogens with one attached hydrogen (secondary N) is 1. The van der Waals surface area contributed by atoms with Crippen LogP contribution < -0.4 is 10.1 Å². The van der Waals surface area contributed by atoms with E-state index in [2.05, 4.69) is 5.32 Å². The second-order valence-electron chi connectivity index (χ2n) is 4.00. The second kappa shape index (κ2) is 5.58. The molecule has 1 aromatic carbocycles. The number of ether oxygens (including phenoxy) is 1. The zero-order chi connectivity index (χ0) is 13.0. The maximum absolute atomic E-state index is 13.6. The minimum Gasteiger partial charge on any atom is -0.491 e. The molecule has 0 saturated carbocycles. The third-order valence-corrected chi connectivity index (χ3v) is 2.66. The van der Waals surface area contributed by atoms with Gasteiger partial charge >= 0.3 is 0 Å². The van der Waals surface area contributed by atoms with Crippen LogP contribution in [-0.4, -0.2) is 6.61 Å². The summed E-state index contributed by atoms with van der Waals surface area (Å²) in [6.07, 6.45) is 3.29. The average molecular weight is 249 g/mol. The summed E-state index contributed by atoms with van der Waals surface area (Å²) in [6.45, 7) is 4.26. The maximum atomic E-state index is 13.6. The lowest BCUT2D eigenvalue weighted by molar-refractivity contribution is 0.321. The molecule has 0 aliphatic rings. The van der Waals surface area contributed by atoms with Gasteiger partial charge in [-0.15, -0.1) is 0 Å². The van der Waals surface area contributed by atoms with E-state index in [1.165, 1.54) is 6.07 Å². The molecule has 0 aliphatic carbocycles. The Bertz CT molecular complexity index is 497. The number of hydrogen-bond donors (Lipinski definition) is 1. The van der Waals surface area contributed by atoms with Crippen molar-refractivity contribution >= 4 is 5.69 Å². The van der Waals surface area contributed by atoms with Gasteiger partial charge in [0.1, 0.15) is 0 Å². The molecule has 1 atom stereocenters. The minimum absolute atomic E-state index is 0.0566. The number of halogens is 1. The van der Waals surface area contributed by atoms with E-state index >= 15 is 0 Å². The monoisotopic (exact) mass is 249 g/mol. The van der Waals surface area contributed by atoms with Gasteiger partial charge in [-0.05, 0) is 32.0 Å². The number of hydrogen-bond acceptors (Lipinski definition) is 3. The molecule has 0 bridgehead atoms. The molecule has 2 rings (SSSR count). The molecular weight excluding hydrogens is 233 g/mol. The lowest BCUT2D eigenvalue weighted by atomic mass is 10.1. The molecule has 1 heterocycles. The van der Waals surface area contributed by atoms with Crippen LogP contribution in [0.25, 0.3) is 0 Å². The van der Waals surface area contributed by atoms with Gasteiger partial charge in [-0.1, -0.05) is 0 Å². The third kappa shape index (κ3) is 2.83. The van der Waals surface area contributed by atoms with Crippen molar-refractivity contribution in [3.63, 3.8) is 0 Å². The van der Waals surface area contributed by atoms with Crippen LogP contribution in [0.3, 0.4) is 0 Å². The number of benzene rings is 1. The molecule has 0 spiro atoms. The molecule has 1 N–H and O–H groups in total. The smallest absolute Gasteiger partial charge is 0.167 e. The number of furan rings is 1. The Morgan fingerprint density at radius 1 is 1.39 bits per heavy atom. The Kier molecular flexibility index (Phi) is 3.87. The van der Waals surface area contributed by atoms with Crippen LogP contribution in [0.15, 0.2) is 41.2 Å². The highest BCUT2D eigenvalue weighted by molar-refractivity contribution is 5.48. The van der Waals surface area contributed by atoms with Crippen LogP contribution in [0.2, 0.25) is 0 Å². The van der Waals surface area contributed by atoms with Crippen LogP contribution >= 0.6 is 0 Å². The van der Waals surface area contributed by atoms with Gasteiger partial charge in [-0.3, -0.25) is 0 Å². The van der Waals surface area contributed by atoms with Gasteiger partial charge in [0, 0.05) is 17.3 Å². The fraction of sp³-hybridized carbons (Fsp3) is 0.286. The molecule has 0 fully saturated rings. The van der Waals surface area contributed by atoms with Crippen molar-refractivity contribution < 1.29 is 13.5 Å². The summed E-state index contributed by atoms with van der Waals surface area (Å²) in [5.74, 6) is -0.0831. The highest BCUT2D eigenvalue weighted by Gasteiger charge is 2.09. The molecule has 3 nitrogen and oxygen atoms in total. The SMILES string of the molecule is CCOc1ccc(NC(C)c2ccoc2)cc1F. The quantitative estimate of drug-likeness (QED) is 0.870. The van der Waals surface area contributed by atoms with Crippen LogP contribution in [-0.2, 0) is 0 Å². The molecule has 1 unspecified atom stereocenters. The fourth-order valence-corrected chi connectivity index (χ4v) is 1.72. The van der Waals surface area contributed by atoms with Gasteiger partial charge < -0.3 is 14.5 Å². The molecule has 18 heavy (non-hydrogen) atoms. The standard InChI is InChI=1S/C14H16FNO2/c1-3-18-14-5-4-12(8-13(14)15)16-10(2)11-6-7-17-9-11/h4-10,16H,3H2,1-2H3. The lowest BCUT2D eigenvalue weighted by Crippen LogP contribution is -2.06. The summed E-state index contributed by atoms with van der Waals surface area (Å²) < 4.78 is 23.8. The van der Waals surface area contributed by atoms with Gasteiger partial charge in [-0.25, -0.2) is 4.39 Å². The molecule has 0 amide bonds. The van der Waals surface area contributed by atoms with Crippen molar-refractivity contribution in [3.05, 3.63) is 48.2 Å². The number of anilines is 1. The van der Waals surface area contributed by atoms with Crippen molar-refractivity contribution in [3.8, 4) is 5.75 Å². The van der Waals surface area contributed by atoms with Crippen molar-refractivity contribution in [2.24, 2.45) is 0 Å². The molecular formula is C14H16FNO2. The summed E-state index contributed by atoms with van der Waals surface area (Å²) in [4.78, 5) is 0. The minimum atomic E-state index is -0.360. The van der Waals surface area contributed by atoms with Crippen LogP contribution in [0, 0.1) is 5.82 Å². The fourth-order valence-electron chi connectivity index (χ4n) is 1.72. The summed E-state index contributed by atoms with van der Waals surface area (Å²) in [7, 11) is 0. The van der Waals surface area contributed by atoms with Crippen LogP contribution in [0.4, 0.5) is 10.1 Å². The van der Waals surface area contributed by atoms with Crippen molar-refractivity contribution in [1.82, 2.24) is 0 Å². The average Bonchev–Trinajstić information content (AvgIpc) is 2.86. The summed E-state index contributed by atoms with van der Waals surface area (Å²) in [5.41, 5.74) is 1.73. The molecule has 0 saturated heterocycles. The van der Waals surface area contributed by atoms with Gasteiger partial charge in [-0.2, -0.15) is 0 Å². The van der Waals surface area contributed by atoms with E-state index in [1.807, 2.05) is 19.9 Å². The van der Waals surface area contributed by atoms with Gasteiger partial charge in [0.2, 0.25) is 0 Å². The zero-order valence-corrected chi connectivity index (χ0v) is 10.4. The Morgan fingerprint density at radius 2 is 2.22 bits per heavy atom. The number of rotatable bonds is 5. The first kappa shape index (κ1) is 12.5. The normalized spacial score (nSPS) is 12.2. The first-order valence-electron chi connectivity index (χ1n) is 5.91. The summed E-state index contributed by atoms with van der Waals surface area (Å²) in [6, 6.07) is 6.79. The predicted octanol–water partition coefficient (Wildman–Crippen LogP) is 3.99. The largest absolute Gasteiger partial charge is 0.491 e. The molecule has 96 valence electrons. The summed E-state index contributed by atoms with van der Waals surface area (Å²) in [5, 5.41) is 3.20. The van der Waals surface area contributed by atoms with Crippen molar-refractivity contribution in [1.29, 1.82) is 0 Å². The predicted molar refractivity (Wildman–Crippen MR) is 68.3 cm³/mol. The summed E-state index contributed by atoms with van der Waals surface area (Å²) >= 11 is 0. The van der Waals surface area contributed by atoms with E-state index in [4.69, 9.17) is 9.15 Å². The van der Waals surface area contributed by atoms with Crippen LogP contribution in [0.5, 0.6) is 5.75 Å². The zero-order valence-electron chi connectivity index (χ0n) is 10.4. The molecule has 4 heteroatoms. The van der Waals surface area contributed by atoms with E-state index in [0.29, 0.717) is 12.3 Å². The molecule has 1 aromatic heterocycles. The first-order valence-corrected chi connectivity index (χ1v) is 5.91. The maximum Gasteiger partial charge on any atom is 0.167 e. The van der Waals surface area contributed by atoms with E-state index < -0.39 is 0 Å². The third-order valence-electron chi connectivity index (χ3n) is 2.66. The van der Waals surface area contributed by atoms with Gasteiger partial charge in [0.15, 0.2) is 11.6 Å². The van der Waals surface area contributed by atoms with Gasteiger partial charge in [0.25, 0.3) is 0 Å². The highest BCUT2D eigenvalue weighted by Crippen LogP contribution is 2.24. The highest BCUT2D eigenvalue weighted by atomic mass is 19.1. The molecule has 0 aliphatic heterocycles. The topological polar surface area (TPSA) is 34.4 Å². The lowest BCUT2D eigenvalue weighted by Gasteiger charge is -2.14.